The van der Waals surface area contributed by atoms with Crippen LogP contribution in [0.25, 0.3) is 0 Å². The lowest BCUT2D eigenvalue weighted by molar-refractivity contribution is -0.150. The fourth-order valence-corrected chi connectivity index (χ4v) is 1.66. The molecule has 21 heavy (non-hydrogen) atoms. The van der Waals surface area contributed by atoms with E-state index in [0.29, 0.717) is 5.75 Å². The van der Waals surface area contributed by atoms with Crippen molar-refractivity contribution in [1.82, 2.24) is 5.32 Å². The number of ether oxygens (including phenoxy) is 2. The van der Waals surface area contributed by atoms with Crippen LogP contribution in [0.15, 0.2) is 18.2 Å². The number of nitrogens with zero attached hydrogens (tertiary/aromatic N) is 1. The molecule has 1 N–H and O–H groups in total. The van der Waals surface area contributed by atoms with Crippen molar-refractivity contribution in [3.63, 3.8) is 0 Å². The lowest BCUT2D eigenvalue weighted by Crippen LogP contribution is -2.30. The summed E-state index contributed by atoms with van der Waals surface area (Å²) in [5.74, 6) is -0.475. The standard InChI is InChI=1S/C15H18N2O4/c1-11-6-12(2)8-13(7-11)20-10-15(19)21-9-14(18)17-5-3-4-16/h6-8H,3,5,9-10H2,1-2H3,(H,17,18). The second-order valence-corrected chi connectivity index (χ2v) is 4.53. The molecule has 0 saturated heterocycles. The number of nitrogens with one attached hydrogen (secondary N) is 1. The van der Waals surface area contributed by atoms with Crippen molar-refractivity contribution in [1.29, 1.82) is 5.26 Å². The van der Waals surface area contributed by atoms with Crippen molar-refractivity contribution in [3.8, 4) is 11.8 Å². The molecule has 0 bridgehead atoms. The summed E-state index contributed by atoms with van der Waals surface area (Å²) >= 11 is 0. The summed E-state index contributed by atoms with van der Waals surface area (Å²) in [6.45, 7) is 3.48. The number of aryl methyl sites for hydroxylation is 2. The summed E-state index contributed by atoms with van der Waals surface area (Å²) in [5.41, 5.74) is 2.07. The smallest absolute Gasteiger partial charge is 0.344 e. The molecule has 1 amide bonds. The van der Waals surface area contributed by atoms with E-state index in [-0.39, 0.29) is 26.2 Å². The zero-order valence-corrected chi connectivity index (χ0v) is 12.1. The molecule has 0 fully saturated rings. The minimum absolute atomic E-state index is 0.218. The van der Waals surface area contributed by atoms with Gasteiger partial charge in [-0.2, -0.15) is 5.26 Å². The largest absolute Gasteiger partial charge is 0.482 e. The van der Waals surface area contributed by atoms with Gasteiger partial charge in [0.05, 0.1) is 12.5 Å². The Kier molecular flexibility index (Phi) is 6.75. The van der Waals surface area contributed by atoms with Crippen LogP contribution in [0, 0.1) is 25.2 Å². The average molecular weight is 290 g/mol. The highest BCUT2D eigenvalue weighted by atomic mass is 16.6. The molecule has 1 rings (SSSR count). The average Bonchev–Trinajstić information content (AvgIpc) is 2.42. The minimum atomic E-state index is -0.621. The molecular weight excluding hydrogens is 272 g/mol. The van der Waals surface area contributed by atoms with Crippen molar-refractivity contribution >= 4 is 11.9 Å². The number of carbonyl (C=O) groups is 2. The first-order chi connectivity index (χ1) is 10.0. The Balaban J connectivity index is 2.28. The molecule has 0 aliphatic heterocycles. The second-order valence-electron chi connectivity index (χ2n) is 4.53. The third kappa shape index (κ3) is 6.97. The van der Waals surface area contributed by atoms with Crippen molar-refractivity contribution in [3.05, 3.63) is 29.3 Å². The lowest BCUT2D eigenvalue weighted by Gasteiger charge is -2.08. The van der Waals surface area contributed by atoms with Gasteiger partial charge in [-0.05, 0) is 37.1 Å². The number of nitriles is 1. The van der Waals surface area contributed by atoms with Gasteiger partial charge in [-0.3, -0.25) is 4.79 Å². The maximum atomic E-state index is 11.4. The fourth-order valence-electron chi connectivity index (χ4n) is 1.66. The third-order valence-electron chi connectivity index (χ3n) is 2.48. The fraction of sp³-hybridized carbons (Fsp3) is 0.400. The van der Waals surface area contributed by atoms with Gasteiger partial charge in [0.25, 0.3) is 5.91 Å². The summed E-state index contributed by atoms with van der Waals surface area (Å²) in [6.07, 6.45) is 0.218. The molecule has 0 atom stereocenters. The van der Waals surface area contributed by atoms with Crippen LogP contribution >= 0.6 is 0 Å². The van der Waals surface area contributed by atoms with Crippen LogP contribution in [0.2, 0.25) is 0 Å². The van der Waals surface area contributed by atoms with Gasteiger partial charge in [0.15, 0.2) is 13.2 Å². The Morgan fingerprint density at radius 1 is 1.19 bits per heavy atom. The molecular formula is C15H18N2O4. The zero-order valence-electron chi connectivity index (χ0n) is 12.1. The quantitative estimate of drug-likeness (QED) is 0.603. The molecule has 0 unspecified atom stereocenters. The van der Waals surface area contributed by atoms with Crippen molar-refractivity contribution < 1.29 is 19.1 Å². The van der Waals surface area contributed by atoms with E-state index in [1.807, 2.05) is 38.1 Å². The molecule has 0 aliphatic carbocycles. The maximum absolute atomic E-state index is 11.4. The van der Waals surface area contributed by atoms with E-state index in [1.54, 1.807) is 0 Å². The second kappa shape index (κ2) is 8.59. The van der Waals surface area contributed by atoms with Crippen molar-refractivity contribution in [2.75, 3.05) is 19.8 Å². The predicted molar refractivity (Wildman–Crippen MR) is 75.6 cm³/mol. The SMILES string of the molecule is Cc1cc(C)cc(OCC(=O)OCC(=O)NCCC#N)c1. The highest BCUT2D eigenvalue weighted by molar-refractivity contribution is 5.80. The van der Waals surface area contributed by atoms with Crippen LogP contribution in [0.3, 0.4) is 0 Å². The Morgan fingerprint density at radius 3 is 2.48 bits per heavy atom. The molecule has 112 valence electrons. The van der Waals surface area contributed by atoms with Gasteiger partial charge < -0.3 is 14.8 Å². The number of carbonyl (C=O) groups excluding carboxylic acids is 2. The topological polar surface area (TPSA) is 88.4 Å². The van der Waals surface area contributed by atoms with E-state index >= 15 is 0 Å². The first-order valence-electron chi connectivity index (χ1n) is 6.51. The van der Waals surface area contributed by atoms with Crippen LogP contribution in [-0.4, -0.2) is 31.6 Å². The molecule has 0 aliphatic rings. The molecule has 6 heteroatoms. The molecule has 0 heterocycles. The number of benzene rings is 1. The van der Waals surface area contributed by atoms with Gasteiger partial charge in [0, 0.05) is 6.54 Å². The number of hydrogen-bond donors (Lipinski definition) is 1. The van der Waals surface area contributed by atoms with Crippen molar-refractivity contribution in [2.24, 2.45) is 0 Å². The summed E-state index contributed by atoms with van der Waals surface area (Å²) in [5, 5.41) is 10.8. The van der Waals surface area contributed by atoms with E-state index in [1.165, 1.54) is 0 Å². The first-order valence-corrected chi connectivity index (χ1v) is 6.51. The molecule has 6 nitrogen and oxygen atoms in total. The minimum Gasteiger partial charge on any atom is -0.482 e. The van der Waals surface area contributed by atoms with E-state index in [4.69, 9.17) is 14.7 Å². The van der Waals surface area contributed by atoms with Gasteiger partial charge in [-0.15, -0.1) is 0 Å². The van der Waals surface area contributed by atoms with Gasteiger partial charge in [0.1, 0.15) is 5.75 Å². The van der Waals surface area contributed by atoms with Crippen LogP contribution in [0.5, 0.6) is 5.75 Å². The highest BCUT2D eigenvalue weighted by Gasteiger charge is 2.08. The Morgan fingerprint density at radius 2 is 1.86 bits per heavy atom. The zero-order chi connectivity index (χ0) is 15.7. The Labute approximate surface area is 123 Å². The summed E-state index contributed by atoms with van der Waals surface area (Å²) in [4.78, 5) is 22.7. The maximum Gasteiger partial charge on any atom is 0.344 e. The van der Waals surface area contributed by atoms with Crippen LogP contribution in [0.1, 0.15) is 17.5 Å². The van der Waals surface area contributed by atoms with Gasteiger partial charge in [-0.1, -0.05) is 6.07 Å². The molecule has 0 radical (unpaired) electrons. The number of rotatable bonds is 7. The lowest BCUT2D eigenvalue weighted by atomic mass is 10.1. The van der Waals surface area contributed by atoms with Crippen LogP contribution < -0.4 is 10.1 Å². The molecule has 1 aromatic rings. The first kappa shape index (κ1) is 16.5. The summed E-state index contributed by atoms with van der Waals surface area (Å²) in [7, 11) is 0. The Bertz CT molecular complexity index is 529. The van der Waals surface area contributed by atoms with E-state index in [2.05, 4.69) is 5.32 Å². The van der Waals surface area contributed by atoms with E-state index < -0.39 is 11.9 Å². The molecule has 0 spiro atoms. The predicted octanol–water partition coefficient (Wildman–Crippen LogP) is 1.26. The van der Waals surface area contributed by atoms with Crippen molar-refractivity contribution in [2.45, 2.75) is 20.3 Å². The van der Waals surface area contributed by atoms with Crippen LogP contribution in [0.4, 0.5) is 0 Å². The number of amides is 1. The third-order valence-corrected chi connectivity index (χ3v) is 2.48. The van der Waals surface area contributed by atoms with Gasteiger partial charge in [-0.25, -0.2) is 4.79 Å². The van der Waals surface area contributed by atoms with Gasteiger partial charge >= 0.3 is 5.97 Å². The molecule has 0 saturated carbocycles. The highest BCUT2D eigenvalue weighted by Crippen LogP contribution is 2.15. The normalized spacial score (nSPS) is 9.57. The summed E-state index contributed by atoms with van der Waals surface area (Å²) < 4.78 is 10.1. The number of esters is 1. The van der Waals surface area contributed by atoms with E-state index in [0.717, 1.165) is 11.1 Å². The van der Waals surface area contributed by atoms with Crippen LogP contribution in [-0.2, 0) is 14.3 Å². The van der Waals surface area contributed by atoms with Gasteiger partial charge in [0.2, 0.25) is 0 Å². The monoisotopic (exact) mass is 290 g/mol. The molecule has 0 aromatic heterocycles. The number of hydrogen-bond acceptors (Lipinski definition) is 5. The Hall–Kier alpha value is -2.55. The van der Waals surface area contributed by atoms with E-state index in [9.17, 15) is 9.59 Å². The summed E-state index contributed by atoms with van der Waals surface area (Å²) in [6, 6.07) is 7.52. The molecule has 1 aromatic carbocycles.